The van der Waals surface area contributed by atoms with Gasteiger partial charge in [-0.3, -0.25) is 0 Å². The van der Waals surface area contributed by atoms with E-state index in [0.717, 1.165) is 30.4 Å². The lowest BCUT2D eigenvalue weighted by Gasteiger charge is -2.34. The SMILES string of the molecule is CCC1CCCN(c2cnc(Nc3ccc(Cl)cc3)c(Cl)c2)C1. The molecule has 1 aromatic heterocycles. The molecular weight excluding hydrogens is 329 g/mol. The van der Waals surface area contributed by atoms with Crippen LogP contribution in [0.4, 0.5) is 17.2 Å². The minimum absolute atomic E-state index is 0.635. The van der Waals surface area contributed by atoms with E-state index >= 15 is 0 Å². The Morgan fingerprint density at radius 1 is 1.26 bits per heavy atom. The molecule has 1 saturated heterocycles. The molecule has 1 fully saturated rings. The molecule has 1 N–H and O–H groups in total. The quantitative estimate of drug-likeness (QED) is 0.760. The highest BCUT2D eigenvalue weighted by Crippen LogP contribution is 2.30. The second kappa shape index (κ2) is 7.41. The Hall–Kier alpha value is -1.45. The summed E-state index contributed by atoms with van der Waals surface area (Å²) in [6.07, 6.45) is 5.70. The molecule has 0 saturated carbocycles. The van der Waals surface area contributed by atoms with Gasteiger partial charge in [-0.2, -0.15) is 0 Å². The molecule has 1 atom stereocenters. The van der Waals surface area contributed by atoms with Crippen LogP contribution in [0.5, 0.6) is 0 Å². The average molecular weight is 350 g/mol. The molecule has 0 bridgehead atoms. The van der Waals surface area contributed by atoms with Gasteiger partial charge in [0.05, 0.1) is 16.9 Å². The maximum Gasteiger partial charge on any atom is 0.149 e. The van der Waals surface area contributed by atoms with Crippen LogP contribution in [-0.4, -0.2) is 18.1 Å². The summed E-state index contributed by atoms with van der Waals surface area (Å²) in [6, 6.07) is 9.50. The molecular formula is C18H21Cl2N3. The normalized spacial score (nSPS) is 18.0. The zero-order valence-corrected chi connectivity index (χ0v) is 14.7. The summed E-state index contributed by atoms with van der Waals surface area (Å²) in [7, 11) is 0. The molecule has 0 amide bonds. The highest BCUT2D eigenvalue weighted by Gasteiger charge is 2.19. The molecule has 122 valence electrons. The molecule has 3 rings (SSSR count). The maximum absolute atomic E-state index is 6.42. The van der Waals surface area contributed by atoms with E-state index in [4.69, 9.17) is 23.2 Å². The standard InChI is InChI=1S/C18H21Cl2N3/c1-2-13-4-3-9-23(12-13)16-10-17(20)18(21-11-16)22-15-7-5-14(19)6-8-15/h5-8,10-11,13H,2-4,9,12H2,1H3,(H,21,22). The Balaban J connectivity index is 1.74. The summed E-state index contributed by atoms with van der Waals surface area (Å²) in [4.78, 5) is 6.90. The lowest BCUT2D eigenvalue weighted by molar-refractivity contribution is 0.404. The Morgan fingerprint density at radius 3 is 2.74 bits per heavy atom. The summed E-state index contributed by atoms with van der Waals surface area (Å²) in [5.41, 5.74) is 2.02. The first kappa shape index (κ1) is 16.4. The van der Waals surface area contributed by atoms with Crippen molar-refractivity contribution in [3.63, 3.8) is 0 Å². The third-order valence-electron chi connectivity index (χ3n) is 4.40. The molecule has 1 aliphatic rings. The smallest absolute Gasteiger partial charge is 0.149 e. The van der Waals surface area contributed by atoms with Crippen LogP contribution in [0.15, 0.2) is 36.5 Å². The number of halogens is 2. The molecule has 0 spiro atoms. The number of anilines is 3. The summed E-state index contributed by atoms with van der Waals surface area (Å²) in [5.74, 6) is 1.44. The van der Waals surface area contributed by atoms with E-state index in [9.17, 15) is 0 Å². The second-order valence-corrected chi connectivity index (χ2v) is 6.86. The van der Waals surface area contributed by atoms with E-state index in [0.29, 0.717) is 15.9 Å². The summed E-state index contributed by atoms with van der Waals surface area (Å²) < 4.78 is 0. The first-order valence-electron chi connectivity index (χ1n) is 8.09. The van der Waals surface area contributed by atoms with Crippen LogP contribution in [0.2, 0.25) is 10.0 Å². The fourth-order valence-corrected chi connectivity index (χ4v) is 3.33. The number of rotatable bonds is 4. The van der Waals surface area contributed by atoms with Crippen molar-refractivity contribution >= 4 is 40.4 Å². The van der Waals surface area contributed by atoms with Crippen LogP contribution >= 0.6 is 23.2 Å². The molecule has 1 unspecified atom stereocenters. The van der Waals surface area contributed by atoms with E-state index in [-0.39, 0.29) is 0 Å². The Kier molecular flexibility index (Phi) is 5.29. The number of piperidine rings is 1. The molecule has 1 aromatic carbocycles. The van der Waals surface area contributed by atoms with Crippen molar-refractivity contribution in [1.29, 1.82) is 0 Å². The van der Waals surface area contributed by atoms with Gasteiger partial charge in [-0.05, 0) is 49.1 Å². The van der Waals surface area contributed by atoms with Gasteiger partial charge >= 0.3 is 0 Å². The highest BCUT2D eigenvalue weighted by atomic mass is 35.5. The lowest BCUT2D eigenvalue weighted by atomic mass is 9.95. The van der Waals surface area contributed by atoms with Gasteiger partial charge in [0.15, 0.2) is 0 Å². The van der Waals surface area contributed by atoms with Gasteiger partial charge in [-0.15, -0.1) is 0 Å². The van der Waals surface area contributed by atoms with E-state index in [1.165, 1.54) is 19.3 Å². The van der Waals surface area contributed by atoms with Gasteiger partial charge < -0.3 is 10.2 Å². The van der Waals surface area contributed by atoms with E-state index in [1.54, 1.807) is 0 Å². The number of pyridine rings is 1. The Labute approximate surface area is 147 Å². The van der Waals surface area contributed by atoms with Crippen molar-refractivity contribution in [3.05, 3.63) is 46.6 Å². The zero-order valence-electron chi connectivity index (χ0n) is 13.2. The number of nitrogens with one attached hydrogen (secondary N) is 1. The first-order valence-corrected chi connectivity index (χ1v) is 8.84. The predicted octanol–water partition coefficient (Wildman–Crippen LogP) is 5.76. The van der Waals surface area contributed by atoms with Crippen LogP contribution in [-0.2, 0) is 0 Å². The largest absolute Gasteiger partial charge is 0.370 e. The molecule has 2 heterocycles. The van der Waals surface area contributed by atoms with Crippen LogP contribution < -0.4 is 10.2 Å². The average Bonchev–Trinajstić information content (AvgIpc) is 2.58. The Bertz CT molecular complexity index is 658. The van der Waals surface area contributed by atoms with Crippen molar-refractivity contribution < 1.29 is 0 Å². The minimum Gasteiger partial charge on any atom is -0.370 e. The number of hydrogen-bond donors (Lipinski definition) is 1. The van der Waals surface area contributed by atoms with Gasteiger partial charge in [-0.1, -0.05) is 36.5 Å². The van der Waals surface area contributed by atoms with Crippen LogP contribution in [0.1, 0.15) is 26.2 Å². The van der Waals surface area contributed by atoms with Gasteiger partial charge in [0, 0.05) is 23.8 Å². The molecule has 3 nitrogen and oxygen atoms in total. The van der Waals surface area contributed by atoms with Gasteiger partial charge in [0.2, 0.25) is 0 Å². The third-order valence-corrected chi connectivity index (χ3v) is 4.94. The fourth-order valence-electron chi connectivity index (χ4n) is 3.00. The third kappa shape index (κ3) is 4.10. The summed E-state index contributed by atoms with van der Waals surface area (Å²) in [5, 5.41) is 4.57. The van der Waals surface area contributed by atoms with Crippen molar-refractivity contribution in [2.45, 2.75) is 26.2 Å². The van der Waals surface area contributed by atoms with E-state index in [1.807, 2.05) is 36.5 Å². The number of benzene rings is 1. The Morgan fingerprint density at radius 2 is 2.04 bits per heavy atom. The second-order valence-electron chi connectivity index (χ2n) is 6.02. The number of nitrogens with zero attached hydrogens (tertiary/aromatic N) is 2. The molecule has 0 radical (unpaired) electrons. The number of aromatic nitrogens is 1. The summed E-state index contributed by atoms with van der Waals surface area (Å²) >= 11 is 12.3. The molecule has 1 aliphatic heterocycles. The van der Waals surface area contributed by atoms with Crippen molar-refractivity contribution in [2.75, 3.05) is 23.3 Å². The molecule has 2 aromatic rings. The lowest BCUT2D eigenvalue weighted by Crippen LogP contribution is -2.35. The van der Waals surface area contributed by atoms with Gasteiger partial charge in [0.1, 0.15) is 5.82 Å². The number of hydrogen-bond acceptors (Lipinski definition) is 3. The first-order chi connectivity index (χ1) is 11.2. The van der Waals surface area contributed by atoms with Crippen molar-refractivity contribution in [3.8, 4) is 0 Å². The predicted molar refractivity (Wildman–Crippen MR) is 99.2 cm³/mol. The van der Waals surface area contributed by atoms with Crippen LogP contribution in [0.3, 0.4) is 0 Å². The minimum atomic E-state index is 0.635. The van der Waals surface area contributed by atoms with Crippen molar-refractivity contribution in [1.82, 2.24) is 4.98 Å². The molecule has 5 heteroatoms. The maximum atomic E-state index is 6.42. The fraction of sp³-hybridized carbons (Fsp3) is 0.389. The van der Waals surface area contributed by atoms with Crippen LogP contribution in [0, 0.1) is 5.92 Å². The van der Waals surface area contributed by atoms with Gasteiger partial charge in [0.25, 0.3) is 0 Å². The highest BCUT2D eigenvalue weighted by molar-refractivity contribution is 6.33. The summed E-state index contributed by atoms with van der Waals surface area (Å²) in [6.45, 7) is 4.44. The topological polar surface area (TPSA) is 28.2 Å². The molecule has 0 aliphatic carbocycles. The van der Waals surface area contributed by atoms with E-state index in [2.05, 4.69) is 22.1 Å². The monoisotopic (exact) mass is 349 g/mol. The van der Waals surface area contributed by atoms with Gasteiger partial charge in [-0.25, -0.2) is 4.98 Å². The zero-order chi connectivity index (χ0) is 16.2. The van der Waals surface area contributed by atoms with Crippen molar-refractivity contribution in [2.24, 2.45) is 5.92 Å². The van der Waals surface area contributed by atoms with Crippen LogP contribution in [0.25, 0.3) is 0 Å². The van der Waals surface area contributed by atoms with E-state index < -0.39 is 0 Å². The molecule has 23 heavy (non-hydrogen) atoms.